The van der Waals surface area contributed by atoms with Crippen molar-refractivity contribution in [2.45, 2.75) is 12.2 Å². The lowest BCUT2D eigenvalue weighted by Gasteiger charge is -2.47. The first kappa shape index (κ1) is 13.2. The van der Waals surface area contributed by atoms with E-state index < -0.39 is 0 Å². The van der Waals surface area contributed by atoms with Gasteiger partial charge < -0.3 is 24.8 Å². The molecule has 2 N–H and O–H groups in total. The Morgan fingerprint density at radius 1 is 1.26 bits per heavy atom. The summed E-state index contributed by atoms with van der Waals surface area (Å²) in [5.41, 5.74) is 2.04. The van der Waals surface area contributed by atoms with Crippen LogP contribution in [0.3, 0.4) is 0 Å². The predicted octanol–water partition coefficient (Wildman–Crippen LogP) is 0.237. The van der Waals surface area contributed by atoms with Crippen molar-refractivity contribution in [3.05, 3.63) is 35.7 Å². The van der Waals surface area contributed by atoms with Gasteiger partial charge in [0, 0.05) is 13.1 Å². The van der Waals surface area contributed by atoms with Gasteiger partial charge in [-0.2, -0.15) is 0 Å². The lowest BCUT2D eigenvalue weighted by molar-refractivity contribution is -0.0356. The monoisotopic (exact) mass is 314 g/mol. The second kappa shape index (κ2) is 5.14. The number of nitrogens with one attached hydrogen (secondary N) is 2. The molecule has 0 aliphatic carbocycles. The zero-order valence-electron chi connectivity index (χ0n) is 12.6. The number of hydrogen-bond acceptors (Lipinski definition) is 7. The molecule has 7 nitrogen and oxygen atoms in total. The molecule has 0 spiro atoms. The third kappa shape index (κ3) is 2.08. The van der Waals surface area contributed by atoms with Crippen LogP contribution in [0.4, 0.5) is 0 Å². The SMILES string of the molecule is C1=C2NCC3COCCN3C2NC(c2cccc3c2OCO3)=N1. The molecule has 0 saturated carbocycles. The van der Waals surface area contributed by atoms with Gasteiger partial charge in [0.05, 0.1) is 36.7 Å². The molecular weight excluding hydrogens is 296 g/mol. The summed E-state index contributed by atoms with van der Waals surface area (Å²) < 4.78 is 16.7. The van der Waals surface area contributed by atoms with Gasteiger partial charge in [-0.3, -0.25) is 4.90 Å². The van der Waals surface area contributed by atoms with E-state index in [9.17, 15) is 0 Å². The zero-order chi connectivity index (χ0) is 15.2. The van der Waals surface area contributed by atoms with Gasteiger partial charge in [0.1, 0.15) is 12.0 Å². The molecule has 1 aromatic carbocycles. The number of morpholine rings is 1. The summed E-state index contributed by atoms with van der Waals surface area (Å²) in [5, 5.41) is 7.01. The molecule has 7 heteroatoms. The van der Waals surface area contributed by atoms with Crippen LogP contribution < -0.4 is 20.1 Å². The Balaban J connectivity index is 1.49. The van der Waals surface area contributed by atoms with Crippen LogP contribution in [0.1, 0.15) is 5.56 Å². The number of fused-ring (bicyclic) bond motifs is 4. The van der Waals surface area contributed by atoms with Gasteiger partial charge in [-0.05, 0) is 12.1 Å². The van der Waals surface area contributed by atoms with Gasteiger partial charge in [-0.1, -0.05) is 6.07 Å². The van der Waals surface area contributed by atoms with Crippen LogP contribution in [-0.4, -0.2) is 56.0 Å². The largest absolute Gasteiger partial charge is 0.454 e. The summed E-state index contributed by atoms with van der Waals surface area (Å²) in [6.45, 7) is 3.61. The Morgan fingerprint density at radius 2 is 2.26 bits per heavy atom. The summed E-state index contributed by atoms with van der Waals surface area (Å²) in [5.74, 6) is 2.35. The number of amidine groups is 1. The summed E-state index contributed by atoms with van der Waals surface area (Å²) in [4.78, 5) is 7.03. The van der Waals surface area contributed by atoms with Crippen LogP contribution in [0.15, 0.2) is 35.1 Å². The third-order valence-electron chi connectivity index (χ3n) is 4.70. The molecule has 0 radical (unpaired) electrons. The fourth-order valence-corrected chi connectivity index (χ4v) is 3.54. The van der Waals surface area contributed by atoms with Gasteiger partial charge in [0.2, 0.25) is 6.79 Å². The molecule has 4 heterocycles. The van der Waals surface area contributed by atoms with E-state index in [1.54, 1.807) is 0 Å². The number of nitrogens with zero attached hydrogens (tertiary/aromatic N) is 2. The normalized spacial score (nSPS) is 28.7. The topological polar surface area (TPSA) is 67.4 Å². The molecule has 2 unspecified atom stereocenters. The van der Waals surface area contributed by atoms with Crippen LogP contribution in [0.2, 0.25) is 0 Å². The molecule has 0 bridgehead atoms. The maximum atomic E-state index is 5.61. The van der Waals surface area contributed by atoms with Crippen molar-refractivity contribution in [1.82, 2.24) is 15.5 Å². The van der Waals surface area contributed by atoms with Gasteiger partial charge in [0.25, 0.3) is 0 Å². The summed E-state index contributed by atoms with van der Waals surface area (Å²) >= 11 is 0. The predicted molar refractivity (Wildman–Crippen MR) is 83.4 cm³/mol. The van der Waals surface area contributed by atoms with Crippen molar-refractivity contribution < 1.29 is 14.2 Å². The molecule has 1 aromatic rings. The highest BCUT2D eigenvalue weighted by Gasteiger charge is 2.38. The number of benzene rings is 1. The molecule has 4 aliphatic rings. The number of rotatable bonds is 1. The first-order chi connectivity index (χ1) is 11.4. The summed E-state index contributed by atoms with van der Waals surface area (Å²) in [6, 6.07) is 6.27. The molecule has 120 valence electrons. The Hall–Kier alpha value is -2.25. The van der Waals surface area contributed by atoms with Crippen molar-refractivity contribution in [2.75, 3.05) is 33.1 Å². The quantitative estimate of drug-likeness (QED) is 0.774. The molecule has 23 heavy (non-hydrogen) atoms. The standard InChI is InChI=1S/C16H18N4O3/c1-2-11(14-13(3-1)22-9-23-14)15-18-7-12-16(19-15)20-4-5-21-8-10(20)6-17-12/h1-3,7,10,16-17H,4-6,8-9H2,(H,18,19). The van der Waals surface area contributed by atoms with Crippen LogP contribution in [0.25, 0.3) is 0 Å². The van der Waals surface area contributed by atoms with E-state index in [1.165, 1.54) is 0 Å². The molecule has 2 saturated heterocycles. The molecule has 4 aliphatic heterocycles. The van der Waals surface area contributed by atoms with E-state index in [0.717, 1.165) is 54.9 Å². The lowest BCUT2D eigenvalue weighted by Crippen LogP contribution is -2.66. The number of para-hydroxylation sites is 1. The van der Waals surface area contributed by atoms with Crippen molar-refractivity contribution in [3.8, 4) is 11.5 Å². The molecular formula is C16H18N4O3. The summed E-state index contributed by atoms with van der Waals surface area (Å²) in [7, 11) is 0. The van der Waals surface area contributed by atoms with Crippen molar-refractivity contribution in [1.29, 1.82) is 0 Å². The van der Waals surface area contributed by atoms with E-state index >= 15 is 0 Å². The van der Waals surface area contributed by atoms with Crippen LogP contribution in [0.5, 0.6) is 11.5 Å². The summed E-state index contributed by atoms with van der Waals surface area (Å²) in [6.07, 6.45) is 2.01. The average Bonchev–Trinajstić information content (AvgIpc) is 3.10. The molecule has 2 atom stereocenters. The Morgan fingerprint density at radius 3 is 3.26 bits per heavy atom. The number of ether oxygens (including phenoxy) is 3. The molecule has 5 rings (SSSR count). The highest BCUT2D eigenvalue weighted by molar-refractivity contribution is 6.03. The number of aliphatic imine (C=N–C) groups is 1. The molecule has 0 aromatic heterocycles. The van der Waals surface area contributed by atoms with Crippen LogP contribution >= 0.6 is 0 Å². The van der Waals surface area contributed by atoms with Gasteiger partial charge in [0.15, 0.2) is 11.5 Å². The van der Waals surface area contributed by atoms with Crippen molar-refractivity contribution in [3.63, 3.8) is 0 Å². The number of piperazine rings is 1. The Bertz CT molecular complexity index is 703. The van der Waals surface area contributed by atoms with Crippen molar-refractivity contribution in [2.24, 2.45) is 4.99 Å². The van der Waals surface area contributed by atoms with Gasteiger partial charge in [-0.25, -0.2) is 4.99 Å². The van der Waals surface area contributed by atoms with Crippen LogP contribution in [-0.2, 0) is 4.74 Å². The van der Waals surface area contributed by atoms with Crippen molar-refractivity contribution >= 4 is 5.84 Å². The van der Waals surface area contributed by atoms with E-state index in [0.29, 0.717) is 6.04 Å². The van der Waals surface area contributed by atoms with E-state index in [-0.39, 0.29) is 13.0 Å². The zero-order valence-corrected chi connectivity index (χ0v) is 12.6. The van der Waals surface area contributed by atoms with Gasteiger partial charge >= 0.3 is 0 Å². The Kier molecular flexibility index (Phi) is 2.95. The first-order valence-electron chi connectivity index (χ1n) is 7.91. The maximum Gasteiger partial charge on any atom is 0.231 e. The first-order valence-corrected chi connectivity index (χ1v) is 7.91. The average molecular weight is 314 g/mol. The fourth-order valence-electron chi connectivity index (χ4n) is 3.54. The smallest absolute Gasteiger partial charge is 0.231 e. The minimum Gasteiger partial charge on any atom is -0.454 e. The highest BCUT2D eigenvalue weighted by Crippen LogP contribution is 2.36. The van der Waals surface area contributed by atoms with E-state index in [4.69, 9.17) is 14.2 Å². The second-order valence-corrected chi connectivity index (χ2v) is 6.00. The molecule has 2 fully saturated rings. The van der Waals surface area contributed by atoms with E-state index in [1.807, 2.05) is 24.4 Å². The third-order valence-corrected chi connectivity index (χ3v) is 4.70. The number of hydrogen-bond donors (Lipinski definition) is 2. The lowest BCUT2D eigenvalue weighted by atomic mass is 10.1. The van der Waals surface area contributed by atoms with E-state index in [2.05, 4.69) is 20.5 Å². The second-order valence-electron chi connectivity index (χ2n) is 6.00. The maximum absolute atomic E-state index is 5.61. The Labute approximate surface area is 133 Å². The minimum absolute atomic E-state index is 0.100. The minimum atomic E-state index is 0.100. The molecule has 0 amide bonds. The van der Waals surface area contributed by atoms with Gasteiger partial charge in [-0.15, -0.1) is 0 Å². The highest BCUT2D eigenvalue weighted by atomic mass is 16.7. The van der Waals surface area contributed by atoms with Crippen LogP contribution in [0, 0.1) is 0 Å². The fraction of sp³-hybridized carbons (Fsp3) is 0.438.